The second kappa shape index (κ2) is 7.80. The van der Waals surface area contributed by atoms with E-state index in [2.05, 4.69) is 128 Å². The zero-order chi connectivity index (χ0) is 24.3. The summed E-state index contributed by atoms with van der Waals surface area (Å²) in [5, 5.41) is 0. The van der Waals surface area contributed by atoms with Gasteiger partial charge in [-0.05, 0) is 85.8 Å². The van der Waals surface area contributed by atoms with Crippen molar-refractivity contribution in [1.29, 1.82) is 0 Å². The maximum absolute atomic E-state index is 4.24. The predicted molar refractivity (Wildman–Crippen MR) is 152 cm³/mol. The van der Waals surface area contributed by atoms with Crippen LogP contribution in [0.25, 0.3) is 39.0 Å². The molecular formula is C36H26. The molecule has 0 unspecified atom stereocenters. The molecule has 0 aliphatic heterocycles. The quantitative estimate of drug-likeness (QED) is 0.231. The number of fused-ring (bicyclic) bond motifs is 10. The Labute approximate surface area is 212 Å². The highest BCUT2D eigenvalue weighted by Gasteiger charge is 2.51. The van der Waals surface area contributed by atoms with E-state index in [-0.39, 0.29) is 5.41 Å². The largest absolute Gasteiger partial charge is 0.0912 e. The van der Waals surface area contributed by atoms with Gasteiger partial charge < -0.3 is 0 Å². The maximum atomic E-state index is 4.24. The van der Waals surface area contributed by atoms with Crippen molar-refractivity contribution >= 4 is 5.57 Å². The van der Waals surface area contributed by atoms with Gasteiger partial charge in [0, 0.05) is 0 Å². The SMILES string of the molecule is C=C(/C=C\C)c1cccc(-c2ccc3c(c2)-c2ccccc2C32c3ccccc3-c3ccccc32)c1. The van der Waals surface area contributed by atoms with Gasteiger partial charge >= 0.3 is 0 Å². The van der Waals surface area contributed by atoms with Gasteiger partial charge in [-0.25, -0.2) is 0 Å². The van der Waals surface area contributed by atoms with E-state index in [0.29, 0.717) is 0 Å². The van der Waals surface area contributed by atoms with Crippen LogP contribution in [0.3, 0.4) is 0 Å². The summed E-state index contributed by atoms with van der Waals surface area (Å²) in [5.74, 6) is 0. The Hall–Kier alpha value is -4.42. The second-order valence-corrected chi connectivity index (χ2v) is 9.75. The first-order chi connectivity index (χ1) is 17.7. The topological polar surface area (TPSA) is 0 Å². The van der Waals surface area contributed by atoms with Gasteiger partial charge in [0.15, 0.2) is 0 Å². The lowest BCUT2D eigenvalue weighted by Crippen LogP contribution is -2.25. The summed E-state index contributed by atoms with van der Waals surface area (Å²) in [6.07, 6.45) is 4.11. The van der Waals surface area contributed by atoms with Crippen LogP contribution >= 0.6 is 0 Å². The van der Waals surface area contributed by atoms with Gasteiger partial charge in [-0.1, -0.05) is 122 Å². The normalized spacial score (nSPS) is 13.9. The van der Waals surface area contributed by atoms with Crippen molar-refractivity contribution in [2.45, 2.75) is 12.3 Å². The Morgan fingerprint density at radius 1 is 0.556 bits per heavy atom. The summed E-state index contributed by atoms with van der Waals surface area (Å²) in [7, 11) is 0. The van der Waals surface area contributed by atoms with Gasteiger partial charge in [0.05, 0.1) is 5.41 Å². The average Bonchev–Trinajstić information content (AvgIpc) is 3.40. The summed E-state index contributed by atoms with van der Waals surface area (Å²) < 4.78 is 0. The predicted octanol–water partition coefficient (Wildman–Crippen LogP) is 9.29. The third-order valence-electron chi connectivity index (χ3n) is 7.93. The van der Waals surface area contributed by atoms with Crippen molar-refractivity contribution in [3.8, 4) is 33.4 Å². The van der Waals surface area contributed by atoms with E-state index in [1.54, 1.807) is 0 Å². The lowest BCUT2D eigenvalue weighted by atomic mass is 9.70. The first-order valence-corrected chi connectivity index (χ1v) is 12.6. The molecule has 170 valence electrons. The second-order valence-electron chi connectivity index (χ2n) is 9.75. The van der Waals surface area contributed by atoms with Crippen molar-refractivity contribution in [1.82, 2.24) is 0 Å². The molecule has 2 aliphatic rings. The minimum atomic E-state index is -0.278. The van der Waals surface area contributed by atoms with Crippen molar-refractivity contribution in [3.05, 3.63) is 162 Å². The van der Waals surface area contributed by atoms with E-state index >= 15 is 0 Å². The van der Waals surface area contributed by atoms with Gasteiger partial charge in [0.1, 0.15) is 0 Å². The standard InChI is InChI=1S/C36H26/c1-3-11-24(2)25-12-10-13-26(22-25)27-20-21-35-31(23-27)30-16-6-9-19-34(30)36(35)32-17-7-4-14-28(32)29-15-5-8-18-33(29)36/h3-23H,2H2,1H3/b11-3-. The van der Waals surface area contributed by atoms with Crippen LogP contribution in [0.1, 0.15) is 34.7 Å². The smallest absolute Gasteiger partial charge is 0.0725 e. The molecule has 7 rings (SSSR count). The number of hydrogen-bond acceptors (Lipinski definition) is 0. The summed E-state index contributed by atoms with van der Waals surface area (Å²) in [4.78, 5) is 0. The molecule has 2 aliphatic carbocycles. The molecule has 0 saturated carbocycles. The van der Waals surface area contributed by atoms with Crippen molar-refractivity contribution in [2.75, 3.05) is 0 Å². The molecule has 5 aromatic rings. The molecular weight excluding hydrogens is 432 g/mol. The number of allylic oxidation sites excluding steroid dienone is 3. The van der Waals surface area contributed by atoms with Gasteiger partial charge in [-0.3, -0.25) is 0 Å². The van der Waals surface area contributed by atoms with E-state index in [0.717, 1.165) is 11.1 Å². The Bertz CT molecular complexity index is 1670. The molecule has 5 aromatic carbocycles. The Morgan fingerprint density at radius 3 is 1.69 bits per heavy atom. The van der Waals surface area contributed by atoms with E-state index in [4.69, 9.17) is 0 Å². The number of hydrogen-bond donors (Lipinski definition) is 0. The van der Waals surface area contributed by atoms with Crippen LogP contribution in [0.5, 0.6) is 0 Å². The molecule has 0 bridgehead atoms. The Morgan fingerprint density at radius 2 is 1.08 bits per heavy atom. The van der Waals surface area contributed by atoms with Crippen molar-refractivity contribution in [2.24, 2.45) is 0 Å². The minimum Gasteiger partial charge on any atom is -0.0912 e. The van der Waals surface area contributed by atoms with E-state index in [1.165, 1.54) is 55.6 Å². The fourth-order valence-electron chi connectivity index (χ4n) is 6.48. The average molecular weight is 459 g/mol. The fraction of sp³-hybridized carbons (Fsp3) is 0.0556. The molecule has 0 heterocycles. The monoisotopic (exact) mass is 458 g/mol. The molecule has 0 aromatic heterocycles. The van der Waals surface area contributed by atoms with Crippen LogP contribution in [-0.4, -0.2) is 0 Å². The molecule has 0 amide bonds. The molecule has 1 spiro atoms. The fourth-order valence-corrected chi connectivity index (χ4v) is 6.48. The number of rotatable bonds is 3. The summed E-state index contributed by atoms with van der Waals surface area (Å²) in [6, 6.07) is 42.7. The molecule has 0 fully saturated rings. The van der Waals surface area contributed by atoms with Crippen LogP contribution in [0, 0.1) is 0 Å². The van der Waals surface area contributed by atoms with E-state index in [1.807, 2.05) is 13.0 Å². The summed E-state index contributed by atoms with van der Waals surface area (Å²) in [6.45, 7) is 6.27. The van der Waals surface area contributed by atoms with Gasteiger partial charge in [-0.15, -0.1) is 0 Å². The number of benzene rings is 5. The maximum Gasteiger partial charge on any atom is 0.0725 e. The van der Waals surface area contributed by atoms with Crippen molar-refractivity contribution < 1.29 is 0 Å². The van der Waals surface area contributed by atoms with Crippen LogP contribution < -0.4 is 0 Å². The van der Waals surface area contributed by atoms with Gasteiger partial charge in [0.2, 0.25) is 0 Å². The highest BCUT2D eigenvalue weighted by Crippen LogP contribution is 2.62. The zero-order valence-corrected chi connectivity index (χ0v) is 20.3. The third-order valence-corrected chi connectivity index (χ3v) is 7.93. The zero-order valence-electron chi connectivity index (χ0n) is 20.3. The first kappa shape index (κ1) is 20.9. The van der Waals surface area contributed by atoms with Crippen LogP contribution in [0.15, 0.2) is 134 Å². The minimum absolute atomic E-state index is 0.278. The highest BCUT2D eigenvalue weighted by atomic mass is 14.5. The lowest BCUT2D eigenvalue weighted by molar-refractivity contribution is 0.794. The molecule has 0 heteroatoms. The lowest BCUT2D eigenvalue weighted by Gasteiger charge is -2.30. The molecule has 0 saturated heterocycles. The van der Waals surface area contributed by atoms with E-state index < -0.39 is 0 Å². The molecule has 0 N–H and O–H groups in total. The third kappa shape index (κ3) is 2.70. The Kier molecular flexibility index (Phi) is 4.53. The van der Waals surface area contributed by atoms with Gasteiger partial charge in [0.25, 0.3) is 0 Å². The molecule has 0 radical (unpaired) electrons. The van der Waals surface area contributed by atoms with E-state index in [9.17, 15) is 0 Å². The van der Waals surface area contributed by atoms with Crippen LogP contribution in [0.4, 0.5) is 0 Å². The molecule has 36 heavy (non-hydrogen) atoms. The summed E-state index contributed by atoms with van der Waals surface area (Å²) >= 11 is 0. The Balaban J connectivity index is 1.49. The van der Waals surface area contributed by atoms with Crippen LogP contribution in [0.2, 0.25) is 0 Å². The summed E-state index contributed by atoms with van der Waals surface area (Å²) in [5.41, 5.74) is 15.2. The molecule has 0 nitrogen and oxygen atoms in total. The van der Waals surface area contributed by atoms with Crippen molar-refractivity contribution in [3.63, 3.8) is 0 Å². The highest BCUT2D eigenvalue weighted by molar-refractivity contribution is 5.96. The first-order valence-electron chi connectivity index (χ1n) is 12.6. The molecule has 0 atom stereocenters. The van der Waals surface area contributed by atoms with Gasteiger partial charge in [-0.2, -0.15) is 0 Å². The van der Waals surface area contributed by atoms with Crippen LogP contribution in [-0.2, 0) is 5.41 Å².